The third-order valence-corrected chi connectivity index (χ3v) is 15.3. The van der Waals surface area contributed by atoms with Crippen molar-refractivity contribution in [3.63, 3.8) is 0 Å². The number of carbonyl (C=O) groups is 3. The molecule has 0 rings (SSSR count). The molecule has 0 N–H and O–H groups in total. The van der Waals surface area contributed by atoms with Gasteiger partial charge in [-0.05, 0) is 103 Å². The maximum Gasteiger partial charge on any atom is 0.306 e. The molecule has 0 aliphatic rings. The molecule has 0 heterocycles. The Morgan fingerprint density at radius 1 is 0.253 bits per heavy atom. The third-order valence-electron chi connectivity index (χ3n) is 15.3. The van der Waals surface area contributed by atoms with E-state index in [4.69, 9.17) is 14.2 Å². The Balaban J connectivity index is 4.41. The summed E-state index contributed by atoms with van der Waals surface area (Å²) in [5.74, 6) is -0.892. The zero-order valence-electron chi connectivity index (χ0n) is 54.7. The summed E-state index contributed by atoms with van der Waals surface area (Å²) >= 11 is 0. The van der Waals surface area contributed by atoms with Crippen LogP contribution < -0.4 is 0 Å². The molecule has 0 bridgehead atoms. The molecule has 0 aromatic carbocycles. The summed E-state index contributed by atoms with van der Waals surface area (Å²) in [7, 11) is 0. The first kappa shape index (κ1) is 79.1. The monoisotopic (exact) mass is 1150 g/mol. The first-order valence-electron chi connectivity index (χ1n) is 35.4. The number of unbranched alkanes of at least 4 members (excludes halogenated alkanes) is 35. The maximum atomic E-state index is 13.0. The van der Waals surface area contributed by atoms with Crippen molar-refractivity contribution in [2.45, 2.75) is 348 Å². The summed E-state index contributed by atoms with van der Waals surface area (Å²) in [6.45, 7) is 6.44. The topological polar surface area (TPSA) is 78.9 Å². The smallest absolute Gasteiger partial charge is 0.306 e. The molecule has 0 aliphatic heterocycles. The number of hydrogen-bond donors (Lipinski definition) is 0. The number of ether oxygens (including phenoxy) is 3. The van der Waals surface area contributed by atoms with E-state index in [-0.39, 0.29) is 31.1 Å². The molecule has 6 heteroatoms. The number of rotatable bonds is 64. The molecule has 6 nitrogen and oxygen atoms in total. The molecule has 0 spiro atoms. The Morgan fingerprint density at radius 3 is 0.735 bits per heavy atom. The quantitative estimate of drug-likeness (QED) is 0.0261. The highest BCUT2D eigenvalue weighted by Gasteiger charge is 2.19. The highest BCUT2D eigenvalue weighted by atomic mass is 16.6. The van der Waals surface area contributed by atoms with Crippen molar-refractivity contribution < 1.29 is 28.6 Å². The molecule has 1 unspecified atom stereocenters. The predicted octanol–water partition coefficient (Wildman–Crippen LogP) is 24.6. The van der Waals surface area contributed by atoms with Gasteiger partial charge in [-0.25, -0.2) is 0 Å². The van der Waals surface area contributed by atoms with Crippen LogP contribution in [0.4, 0.5) is 0 Å². The number of carbonyl (C=O) groups excluding carboxylic acids is 3. The van der Waals surface area contributed by atoms with Crippen LogP contribution in [0.3, 0.4) is 0 Å². The molecule has 0 aliphatic carbocycles. The molecule has 0 aromatic rings. The molecule has 0 saturated heterocycles. The van der Waals surface area contributed by atoms with E-state index < -0.39 is 6.10 Å². The molecule has 0 amide bonds. The Kier molecular flexibility index (Phi) is 67.2. The zero-order chi connectivity index (χ0) is 59.9. The standard InChI is InChI=1S/C77H132O6/c1-4-7-10-13-16-19-22-25-28-31-34-37-38-41-43-46-49-52-55-58-61-64-67-70-76(79)82-73-74(83-77(80)71-68-65-62-59-56-53-50-47-44-40-36-33-30-27-24-21-18-15-12-9-6-3)72-81-75(78)69-66-63-60-57-54-51-48-45-42-39-35-32-29-26-23-20-17-14-11-8-5-2/h7,9-10,12,16,18-19,21,25,27-28,30,34,36-37,40,47,50,74H,4-6,8,11,13-15,17,20,22-24,26,29,31-33,35,38-39,41-46,48-49,51-73H2,1-3H3/b10-7-,12-9-,19-16-,21-18-,28-25-,30-27-,37-34-,40-36-,50-47-. The van der Waals surface area contributed by atoms with Crippen molar-refractivity contribution in [3.05, 3.63) is 109 Å². The molecular formula is C77H132O6. The van der Waals surface area contributed by atoms with E-state index in [1.165, 1.54) is 167 Å². The summed E-state index contributed by atoms with van der Waals surface area (Å²) in [5.41, 5.74) is 0. The minimum absolute atomic E-state index is 0.0851. The Hall–Kier alpha value is -3.93. The van der Waals surface area contributed by atoms with E-state index in [0.717, 1.165) is 135 Å². The van der Waals surface area contributed by atoms with Gasteiger partial charge in [0.25, 0.3) is 0 Å². The second kappa shape index (κ2) is 70.6. The lowest BCUT2D eigenvalue weighted by Crippen LogP contribution is -2.30. The van der Waals surface area contributed by atoms with E-state index in [2.05, 4.69) is 130 Å². The lowest BCUT2D eigenvalue weighted by atomic mass is 10.0. The second-order valence-corrected chi connectivity index (χ2v) is 23.4. The Labute approximate surface area is 514 Å². The summed E-state index contributed by atoms with van der Waals surface area (Å²) in [4.78, 5) is 38.5. The van der Waals surface area contributed by atoms with Gasteiger partial charge >= 0.3 is 17.9 Å². The fraction of sp³-hybridized carbons (Fsp3) is 0.727. The highest BCUT2D eigenvalue weighted by Crippen LogP contribution is 2.18. The number of allylic oxidation sites excluding steroid dienone is 18. The van der Waals surface area contributed by atoms with Gasteiger partial charge in [-0.1, -0.05) is 329 Å². The molecule has 0 saturated carbocycles. The van der Waals surface area contributed by atoms with Gasteiger partial charge in [-0.15, -0.1) is 0 Å². The first-order valence-corrected chi connectivity index (χ1v) is 35.4. The van der Waals surface area contributed by atoms with Gasteiger partial charge in [-0.3, -0.25) is 14.4 Å². The van der Waals surface area contributed by atoms with Crippen molar-refractivity contribution in [2.75, 3.05) is 13.2 Å². The molecule has 0 fully saturated rings. The van der Waals surface area contributed by atoms with Gasteiger partial charge in [0.2, 0.25) is 0 Å². The first-order chi connectivity index (χ1) is 41.0. The van der Waals surface area contributed by atoms with Gasteiger partial charge in [-0.2, -0.15) is 0 Å². The van der Waals surface area contributed by atoms with Gasteiger partial charge < -0.3 is 14.2 Å². The van der Waals surface area contributed by atoms with Gasteiger partial charge in [0, 0.05) is 19.3 Å². The molecular weight excluding hydrogens is 1020 g/mol. The maximum absolute atomic E-state index is 13.0. The van der Waals surface area contributed by atoms with Crippen LogP contribution in [0.1, 0.15) is 342 Å². The van der Waals surface area contributed by atoms with E-state index in [1.54, 1.807) is 0 Å². The summed E-state index contributed by atoms with van der Waals surface area (Å²) < 4.78 is 17.0. The van der Waals surface area contributed by atoms with E-state index in [1.807, 2.05) is 0 Å². The molecule has 83 heavy (non-hydrogen) atoms. The van der Waals surface area contributed by atoms with Crippen molar-refractivity contribution in [1.29, 1.82) is 0 Å². The van der Waals surface area contributed by atoms with Crippen LogP contribution in [0, 0.1) is 0 Å². The van der Waals surface area contributed by atoms with E-state index in [0.29, 0.717) is 19.3 Å². The van der Waals surface area contributed by atoms with Crippen molar-refractivity contribution in [1.82, 2.24) is 0 Å². The Morgan fingerprint density at radius 2 is 0.470 bits per heavy atom. The minimum atomic E-state index is -0.793. The molecule has 1 atom stereocenters. The van der Waals surface area contributed by atoms with Crippen LogP contribution in [0.15, 0.2) is 109 Å². The molecule has 0 aromatic heterocycles. The van der Waals surface area contributed by atoms with Crippen LogP contribution in [-0.4, -0.2) is 37.2 Å². The average Bonchev–Trinajstić information content (AvgIpc) is 3.49. The molecule has 0 radical (unpaired) electrons. The van der Waals surface area contributed by atoms with E-state index >= 15 is 0 Å². The highest BCUT2D eigenvalue weighted by molar-refractivity contribution is 5.71. The van der Waals surface area contributed by atoms with Gasteiger partial charge in [0.15, 0.2) is 6.10 Å². The van der Waals surface area contributed by atoms with Crippen molar-refractivity contribution in [2.24, 2.45) is 0 Å². The lowest BCUT2D eigenvalue weighted by Gasteiger charge is -2.18. The van der Waals surface area contributed by atoms with Crippen LogP contribution in [-0.2, 0) is 28.6 Å². The fourth-order valence-electron chi connectivity index (χ4n) is 10.1. The molecule has 476 valence electrons. The summed E-state index contributed by atoms with van der Waals surface area (Å²) in [5, 5.41) is 0. The number of esters is 3. The number of hydrogen-bond acceptors (Lipinski definition) is 6. The van der Waals surface area contributed by atoms with Crippen molar-refractivity contribution >= 4 is 17.9 Å². The van der Waals surface area contributed by atoms with Gasteiger partial charge in [0.05, 0.1) is 0 Å². The minimum Gasteiger partial charge on any atom is -0.462 e. The predicted molar refractivity (Wildman–Crippen MR) is 362 cm³/mol. The van der Waals surface area contributed by atoms with Crippen LogP contribution in [0.2, 0.25) is 0 Å². The Bertz CT molecular complexity index is 1660. The van der Waals surface area contributed by atoms with Gasteiger partial charge in [0.1, 0.15) is 13.2 Å². The summed E-state index contributed by atoms with van der Waals surface area (Å²) in [6, 6.07) is 0. The largest absolute Gasteiger partial charge is 0.462 e. The third kappa shape index (κ3) is 68.7. The van der Waals surface area contributed by atoms with Crippen molar-refractivity contribution in [3.8, 4) is 0 Å². The summed E-state index contributed by atoms with van der Waals surface area (Å²) in [6.07, 6.45) is 96.8. The SMILES string of the molecule is CC/C=C\C/C=C\C/C=C\C/C=C\C/C=C\CCCCCCCC(=O)OC(COC(=O)CCCCCCCCCCCC/C=C\C/C=C\C/C=C\C/C=C\CC)COC(=O)CCCCCCCCCCCCCCCCCCCCCCC. The second-order valence-electron chi connectivity index (χ2n) is 23.4. The van der Waals surface area contributed by atoms with E-state index in [9.17, 15) is 14.4 Å². The van der Waals surface area contributed by atoms with Crippen LogP contribution in [0.25, 0.3) is 0 Å². The average molecular weight is 1150 g/mol. The normalized spacial score (nSPS) is 12.8. The van der Waals surface area contributed by atoms with Crippen LogP contribution >= 0.6 is 0 Å². The fourth-order valence-corrected chi connectivity index (χ4v) is 10.1. The lowest BCUT2D eigenvalue weighted by molar-refractivity contribution is -0.167. The van der Waals surface area contributed by atoms with Crippen LogP contribution in [0.5, 0.6) is 0 Å². The zero-order valence-corrected chi connectivity index (χ0v) is 54.7.